The molecule has 2 rings (SSSR count). The van der Waals surface area contributed by atoms with Crippen molar-refractivity contribution >= 4 is 21.9 Å². The third-order valence-corrected chi connectivity index (χ3v) is 3.61. The van der Waals surface area contributed by atoms with Gasteiger partial charge in [-0.15, -0.1) is 0 Å². The van der Waals surface area contributed by atoms with Crippen LogP contribution in [0.5, 0.6) is 0 Å². The van der Waals surface area contributed by atoms with Crippen LogP contribution in [0.25, 0.3) is 0 Å². The first-order valence-corrected chi connectivity index (χ1v) is 7.15. The van der Waals surface area contributed by atoms with Gasteiger partial charge in [-0.2, -0.15) is 9.77 Å². The molecule has 0 radical (unpaired) electrons. The quantitative estimate of drug-likeness (QED) is 0.629. The zero-order valence-electron chi connectivity index (χ0n) is 11.5. The summed E-state index contributed by atoms with van der Waals surface area (Å²) < 4.78 is 7.64. The van der Waals surface area contributed by atoms with E-state index >= 15 is 0 Å². The molecule has 2 aromatic rings. The lowest BCUT2D eigenvalue weighted by atomic mass is 10.1. The number of nitrogen functional groups attached to an aromatic ring is 1. The van der Waals surface area contributed by atoms with Crippen molar-refractivity contribution in [3.63, 3.8) is 0 Å². The van der Waals surface area contributed by atoms with E-state index in [1.807, 2.05) is 24.3 Å². The molecule has 0 atom stereocenters. The smallest absolute Gasteiger partial charge is 0.365 e. The zero-order chi connectivity index (χ0) is 15.4. The van der Waals surface area contributed by atoms with Gasteiger partial charge in [-0.1, -0.05) is 34.1 Å². The second-order valence-corrected chi connectivity index (χ2v) is 5.15. The summed E-state index contributed by atoms with van der Waals surface area (Å²) in [5, 5.41) is 4.09. The molecule has 8 heteroatoms. The molecule has 0 amide bonds. The number of hydrogen-bond donors (Lipinski definition) is 1. The molecule has 112 valence electrons. The van der Waals surface area contributed by atoms with Gasteiger partial charge in [0.05, 0.1) is 6.61 Å². The van der Waals surface area contributed by atoms with Crippen LogP contribution in [0.2, 0.25) is 0 Å². The molecule has 0 fully saturated rings. The van der Waals surface area contributed by atoms with Crippen LogP contribution in [-0.2, 0) is 22.5 Å². The van der Waals surface area contributed by atoms with Crippen molar-refractivity contribution in [3.05, 3.63) is 50.6 Å². The van der Waals surface area contributed by atoms with Crippen molar-refractivity contribution in [2.75, 3.05) is 12.4 Å². The Morgan fingerprint density at radius 3 is 2.81 bits per heavy atom. The van der Waals surface area contributed by atoms with Gasteiger partial charge in [-0.3, -0.25) is 4.79 Å². The Bertz CT molecular complexity index is 708. The number of aromatic nitrogens is 3. The van der Waals surface area contributed by atoms with E-state index in [1.165, 1.54) is 0 Å². The molecular weight excluding hydrogens is 340 g/mol. The Hall–Kier alpha value is -2.09. The first-order chi connectivity index (χ1) is 10.0. The minimum absolute atomic E-state index is 0.250. The van der Waals surface area contributed by atoms with E-state index in [2.05, 4.69) is 21.0 Å². The third kappa shape index (κ3) is 3.52. The lowest BCUT2D eigenvalue weighted by molar-refractivity contribution is -0.144. The van der Waals surface area contributed by atoms with Crippen molar-refractivity contribution in [3.8, 4) is 0 Å². The normalized spacial score (nSPS) is 10.6. The van der Waals surface area contributed by atoms with E-state index in [1.54, 1.807) is 6.92 Å². The molecule has 2 N–H and O–H groups in total. The Balaban J connectivity index is 2.24. The number of ether oxygens (including phenoxy) is 1. The van der Waals surface area contributed by atoms with Crippen LogP contribution in [0.3, 0.4) is 0 Å². The molecule has 7 nitrogen and oxygen atoms in total. The predicted molar refractivity (Wildman–Crippen MR) is 80.2 cm³/mol. The predicted octanol–water partition coefficient (Wildman–Crippen LogP) is 0.675. The largest absolute Gasteiger partial charge is 0.465 e. The maximum atomic E-state index is 11.9. The van der Waals surface area contributed by atoms with E-state index in [4.69, 9.17) is 10.6 Å². The average molecular weight is 355 g/mol. The van der Waals surface area contributed by atoms with E-state index in [0.29, 0.717) is 12.2 Å². The second kappa shape index (κ2) is 6.57. The number of hydrogen-bond acceptors (Lipinski definition) is 5. The lowest BCUT2D eigenvalue weighted by Crippen LogP contribution is -2.32. The summed E-state index contributed by atoms with van der Waals surface area (Å²) in [7, 11) is 0. The second-order valence-electron chi connectivity index (χ2n) is 4.30. The summed E-state index contributed by atoms with van der Waals surface area (Å²) >= 11 is 3.43. The lowest BCUT2D eigenvalue weighted by Gasteiger charge is -2.02. The van der Waals surface area contributed by atoms with E-state index < -0.39 is 11.7 Å². The highest BCUT2D eigenvalue weighted by atomic mass is 79.9. The van der Waals surface area contributed by atoms with Crippen molar-refractivity contribution in [2.24, 2.45) is 0 Å². The molecule has 0 aliphatic heterocycles. The first-order valence-electron chi connectivity index (χ1n) is 6.35. The first kappa shape index (κ1) is 15.3. The van der Waals surface area contributed by atoms with Crippen molar-refractivity contribution < 1.29 is 9.53 Å². The molecule has 1 aromatic carbocycles. The van der Waals surface area contributed by atoms with Gasteiger partial charge in [0.1, 0.15) is 6.54 Å². The van der Waals surface area contributed by atoms with Crippen LogP contribution in [-0.4, -0.2) is 27.0 Å². The third-order valence-electron chi connectivity index (χ3n) is 2.83. The maximum absolute atomic E-state index is 11.9. The van der Waals surface area contributed by atoms with Gasteiger partial charge in [-0.25, -0.2) is 9.48 Å². The van der Waals surface area contributed by atoms with Gasteiger partial charge < -0.3 is 10.6 Å². The van der Waals surface area contributed by atoms with Gasteiger partial charge in [0, 0.05) is 10.9 Å². The standard InChI is InChI=1S/C13H15BrN4O3/c1-2-21-12(19)8-17-13(20)18(15)11(16-17)7-9-5-3-4-6-10(9)14/h3-6H,2,7-8,15H2,1H3. The summed E-state index contributed by atoms with van der Waals surface area (Å²) in [6.07, 6.45) is 0.378. The summed E-state index contributed by atoms with van der Waals surface area (Å²) in [5.74, 6) is 5.55. The van der Waals surface area contributed by atoms with Crippen LogP contribution >= 0.6 is 15.9 Å². The topological polar surface area (TPSA) is 92.1 Å². The molecule has 1 aromatic heterocycles. The van der Waals surface area contributed by atoms with Crippen LogP contribution in [0.1, 0.15) is 18.3 Å². The van der Waals surface area contributed by atoms with E-state index in [0.717, 1.165) is 19.4 Å². The van der Waals surface area contributed by atoms with Gasteiger partial charge in [-0.05, 0) is 18.6 Å². The summed E-state index contributed by atoms with van der Waals surface area (Å²) in [4.78, 5) is 23.3. The van der Waals surface area contributed by atoms with Crippen molar-refractivity contribution in [2.45, 2.75) is 19.9 Å². The van der Waals surface area contributed by atoms with Gasteiger partial charge >= 0.3 is 11.7 Å². The number of carbonyl (C=O) groups excluding carboxylic acids is 1. The Morgan fingerprint density at radius 1 is 1.43 bits per heavy atom. The molecule has 0 saturated carbocycles. The minimum Gasteiger partial charge on any atom is -0.465 e. The SMILES string of the molecule is CCOC(=O)Cn1nc(Cc2ccccc2Br)n(N)c1=O. The fourth-order valence-electron chi connectivity index (χ4n) is 1.83. The van der Waals surface area contributed by atoms with Gasteiger partial charge in [0.2, 0.25) is 0 Å². The Labute approximate surface area is 129 Å². The highest BCUT2D eigenvalue weighted by Crippen LogP contribution is 2.17. The molecule has 0 unspecified atom stereocenters. The number of nitrogens with two attached hydrogens (primary N) is 1. The number of nitrogens with zero attached hydrogens (tertiary/aromatic N) is 3. The molecular formula is C13H15BrN4O3. The number of carbonyl (C=O) groups is 1. The molecule has 1 heterocycles. The van der Waals surface area contributed by atoms with Crippen LogP contribution in [0.15, 0.2) is 33.5 Å². The van der Waals surface area contributed by atoms with Crippen LogP contribution < -0.4 is 11.5 Å². The van der Waals surface area contributed by atoms with E-state index in [-0.39, 0.29) is 13.2 Å². The summed E-state index contributed by atoms with van der Waals surface area (Å²) in [5.41, 5.74) is 0.391. The van der Waals surface area contributed by atoms with Crippen LogP contribution in [0.4, 0.5) is 0 Å². The number of esters is 1. The molecule has 0 saturated heterocycles. The van der Waals surface area contributed by atoms with Gasteiger partial charge in [0.25, 0.3) is 0 Å². The van der Waals surface area contributed by atoms with Gasteiger partial charge in [0.15, 0.2) is 5.82 Å². The summed E-state index contributed by atoms with van der Waals surface area (Å²) in [6.45, 7) is 1.70. The fourth-order valence-corrected chi connectivity index (χ4v) is 2.25. The molecule has 0 aliphatic rings. The van der Waals surface area contributed by atoms with Crippen LogP contribution in [0, 0.1) is 0 Å². The highest BCUT2D eigenvalue weighted by molar-refractivity contribution is 9.10. The number of rotatable bonds is 5. The number of halogens is 1. The Morgan fingerprint density at radius 2 is 2.14 bits per heavy atom. The molecule has 21 heavy (non-hydrogen) atoms. The highest BCUT2D eigenvalue weighted by Gasteiger charge is 2.15. The fraction of sp³-hybridized carbons (Fsp3) is 0.308. The maximum Gasteiger partial charge on any atom is 0.365 e. The average Bonchev–Trinajstić information content (AvgIpc) is 2.70. The van der Waals surface area contributed by atoms with Crippen molar-refractivity contribution in [1.29, 1.82) is 0 Å². The summed E-state index contributed by atoms with van der Waals surface area (Å²) in [6, 6.07) is 7.57. The zero-order valence-corrected chi connectivity index (χ0v) is 13.0. The Kier molecular flexibility index (Phi) is 4.79. The minimum atomic E-state index is -0.551. The monoisotopic (exact) mass is 354 g/mol. The molecule has 0 spiro atoms. The number of benzene rings is 1. The molecule has 0 bridgehead atoms. The molecule has 0 aliphatic carbocycles. The van der Waals surface area contributed by atoms with Crippen molar-refractivity contribution in [1.82, 2.24) is 14.5 Å². The van der Waals surface area contributed by atoms with E-state index in [9.17, 15) is 9.59 Å².